The summed E-state index contributed by atoms with van der Waals surface area (Å²) in [6.07, 6.45) is -2.03. The normalized spacial score (nSPS) is 22.8. The molecule has 0 N–H and O–H groups in total. The van der Waals surface area contributed by atoms with E-state index in [0.717, 1.165) is 11.8 Å². The van der Waals surface area contributed by atoms with Crippen LogP contribution in [0.4, 0.5) is 0 Å². The summed E-state index contributed by atoms with van der Waals surface area (Å²) in [6.45, 7) is 5.06. The number of carbonyl (C=O) groups is 4. The van der Waals surface area contributed by atoms with Crippen molar-refractivity contribution in [2.45, 2.75) is 62.4 Å². The van der Waals surface area contributed by atoms with Gasteiger partial charge in [-0.2, -0.15) is 0 Å². The molecule has 3 rings (SSSR count). The number of nitrogens with zero attached hydrogens (tertiary/aromatic N) is 3. The summed E-state index contributed by atoms with van der Waals surface area (Å²) in [5, 5.41) is 8.52. The Kier molecular flexibility index (Phi) is 10.4. The van der Waals surface area contributed by atoms with Crippen LogP contribution in [0.25, 0.3) is 0 Å². The maximum absolute atomic E-state index is 12.2. The van der Waals surface area contributed by atoms with Crippen LogP contribution in [0, 0.1) is 0 Å². The van der Waals surface area contributed by atoms with Gasteiger partial charge in [-0.15, -0.1) is 5.10 Å². The van der Waals surface area contributed by atoms with Gasteiger partial charge in [-0.25, -0.2) is 9.48 Å². The lowest BCUT2D eigenvalue weighted by molar-refractivity contribution is -0.212. The fourth-order valence-corrected chi connectivity index (χ4v) is 5.20. The molecular weight excluding hydrogens is 565 g/mol. The second-order valence-electron chi connectivity index (χ2n) is 7.98. The molecule has 5 atom stereocenters. The molecule has 2 heterocycles. The number of carbonyl (C=O) groups excluding carboxylic acids is 4. The highest BCUT2D eigenvalue weighted by atomic mass is 35.5. The Hall–Kier alpha value is -2.87. The van der Waals surface area contributed by atoms with Crippen LogP contribution in [0.3, 0.4) is 0 Å². The zero-order valence-electron chi connectivity index (χ0n) is 20.8. The van der Waals surface area contributed by atoms with Gasteiger partial charge in [0.1, 0.15) is 24.2 Å². The van der Waals surface area contributed by atoms with Crippen LogP contribution in [0.5, 0.6) is 0 Å². The van der Waals surface area contributed by atoms with Gasteiger partial charge in [0.05, 0.1) is 22.8 Å². The van der Waals surface area contributed by atoms with Crippen LogP contribution >= 0.6 is 35.0 Å². The van der Waals surface area contributed by atoms with Crippen molar-refractivity contribution in [2.24, 2.45) is 0 Å². The van der Waals surface area contributed by atoms with Crippen molar-refractivity contribution in [1.29, 1.82) is 0 Å². The lowest BCUT2D eigenvalue weighted by atomic mass is 9.96. The smallest absolute Gasteiger partial charge is 0.360 e. The van der Waals surface area contributed by atoms with Crippen LogP contribution in [-0.4, -0.2) is 75.8 Å². The molecule has 0 spiro atoms. The minimum atomic E-state index is -1.17. The number of rotatable bonds is 9. The molecular formula is C23H25Cl2N3O9S. The van der Waals surface area contributed by atoms with E-state index < -0.39 is 53.7 Å². The molecule has 206 valence electrons. The van der Waals surface area contributed by atoms with Gasteiger partial charge in [-0.05, 0) is 25.1 Å². The first-order chi connectivity index (χ1) is 18.0. The van der Waals surface area contributed by atoms with Crippen molar-refractivity contribution in [3.05, 3.63) is 40.1 Å². The molecule has 1 aromatic carbocycles. The Labute approximate surface area is 232 Å². The van der Waals surface area contributed by atoms with Crippen molar-refractivity contribution in [3.63, 3.8) is 0 Å². The highest BCUT2D eigenvalue weighted by Crippen LogP contribution is 2.42. The minimum Gasteiger partial charge on any atom is -0.463 e. The summed E-state index contributed by atoms with van der Waals surface area (Å²) < 4.78 is 28.8. The zero-order valence-corrected chi connectivity index (χ0v) is 23.1. The van der Waals surface area contributed by atoms with E-state index in [1.54, 1.807) is 25.1 Å². The number of aromatic nitrogens is 3. The van der Waals surface area contributed by atoms with Gasteiger partial charge in [0.15, 0.2) is 17.9 Å². The Morgan fingerprint density at radius 1 is 1.00 bits per heavy atom. The number of hydrogen-bond donors (Lipinski definition) is 0. The van der Waals surface area contributed by atoms with Crippen molar-refractivity contribution >= 4 is 58.8 Å². The van der Waals surface area contributed by atoms with Crippen LogP contribution in [0.2, 0.25) is 10.0 Å². The molecule has 0 bridgehead atoms. The van der Waals surface area contributed by atoms with Gasteiger partial charge in [-0.3, -0.25) is 14.4 Å². The topological polar surface area (TPSA) is 145 Å². The summed E-state index contributed by atoms with van der Waals surface area (Å²) >= 11 is 13.4. The monoisotopic (exact) mass is 589 g/mol. The van der Waals surface area contributed by atoms with Crippen molar-refractivity contribution in [1.82, 2.24) is 15.0 Å². The third-order valence-corrected chi connectivity index (χ3v) is 6.99. The first-order valence-electron chi connectivity index (χ1n) is 11.3. The number of benzene rings is 1. The van der Waals surface area contributed by atoms with Gasteiger partial charge < -0.3 is 23.7 Å². The van der Waals surface area contributed by atoms with Gasteiger partial charge in [0, 0.05) is 25.7 Å². The fourth-order valence-electron chi connectivity index (χ4n) is 3.68. The van der Waals surface area contributed by atoms with E-state index in [9.17, 15) is 19.2 Å². The Morgan fingerprint density at radius 3 is 2.29 bits per heavy atom. The molecule has 1 aromatic heterocycles. The molecule has 0 radical (unpaired) electrons. The largest absolute Gasteiger partial charge is 0.463 e. The number of hydrogen-bond acceptors (Lipinski definition) is 12. The molecule has 1 aliphatic heterocycles. The van der Waals surface area contributed by atoms with Gasteiger partial charge >= 0.3 is 23.9 Å². The third kappa shape index (κ3) is 7.59. The van der Waals surface area contributed by atoms with E-state index in [4.69, 9.17) is 46.9 Å². The summed E-state index contributed by atoms with van der Waals surface area (Å²) in [5.41, 5.74) is -1.06. The van der Waals surface area contributed by atoms with Gasteiger partial charge in [0.25, 0.3) is 0 Å². The predicted molar refractivity (Wildman–Crippen MR) is 134 cm³/mol. The molecule has 15 heteroatoms. The number of halogens is 2. The zero-order chi connectivity index (χ0) is 28.0. The third-order valence-electron chi connectivity index (χ3n) is 5.12. The highest BCUT2D eigenvalue weighted by molar-refractivity contribution is 7.99. The first kappa shape index (κ1) is 29.7. The first-order valence-corrected chi connectivity index (χ1v) is 13.0. The van der Waals surface area contributed by atoms with E-state index in [1.165, 1.54) is 31.6 Å². The van der Waals surface area contributed by atoms with Crippen LogP contribution in [-0.2, 0) is 38.1 Å². The van der Waals surface area contributed by atoms with Crippen LogP contribution in [0.15, 0.2) is 29.3 Å². The number of thioether (sulfide) groups is 1. The Bertz CT molecular complexity index is 1190. The van der Waals surface area contributed by atoms with Crippen LogP contribution in [0.1, 0.15) is 44.2 Å². The van der Waals surface area contributed by atoms with Gasteiger partial charge in [-0.1, -0.05) is 40.2 Å². The Balaban J connectivity index is 2.10. The Morgan fingerprint density at radius 2 is 1.68 bits per heavy atom. The molecule has 12 nitrogen and oxygen atoms in total. The standard InChI is InChI=1S/C23H25Cl2N3O9S/c1-5-33-22(32)17-9-28(27-26-17)19-20(35-12(3)30)18(10-34-11(2)29)37-23(21(19)36-13(4)31)38-14-6-7-15(24)16(25)8-14/h6-9,18-21,23H,5,10H2,1-4H3. The lowest BCUT2D eigenvalue weighted by Crippen LogP contribution is -2.57. The van der Waals surface area contributed by atoms with Gasteiger partial charge in [0.2, 0.25) is 0 Å². The maximum Gasteiger partial charge on any atom is 0.360 e. The van der Waals surface area contributed by atoms with E-state index in [2.05, 4.69) is 10.3 Å². The molecule has 2 aromatic rings. The van der Waals surface area contributed by atoms with Crippen molar-refractivity contribution < 1.29 is 42.9 Å². The SMILES string of the molecule is CCOC(=O)c1cn(C2C(OC(C)=O)C(COC(C)=O)OC(Sc3ccc(Cl)c(Cl)c3)C2OC(C)=O)nn1. The maximum atomic E-state index is 12.2. The van der Waals surface area contributed by atoms with E-state index in [0.29, 0.717) is 9.92 Å². The van der Waals surface area contributed by atoms with Crippen molar-refractivity contribution in [2.75, 3.05) is 13.2 Å². The second-order valence-corrected chi connectivity index (χ2v) is 9.97. The summed E-state index contributed by atoms with van der Waals surface area (Å²) in [6, 6.07) is 3.84. The van der Waals surface area contributed by atoms with E-state index >= 15 is 0 Å². The second kappa shape index (κ2) is 13.3. The van der Waals surface area contributed by atoms with Crippen LogP contribution < -0.4 is 0 Å². The molecule has 1 fully saturated rings. The lowest BCUT2D eigenvalue weighted by Gasteiger charge is -2.44. The fraction of sp³-hybridized carbons (Fsp3) is 0.478. The quantitative estimate of drug-likeness (QED) is 0.312. The average Bonchev–Trinajstić information content (AvgIpc) is 3.31. The minimum absolute atomic E-state index is 0.113. The molecule has 0 aliphatic carbocycles. The summed E-state index contributed by atoms with van der Waals surface area (Å²) in [4.78, 5) is 48.7. The molecule has 5 unspecified atom stereocenters. The molecule has 38 heavy (non-hydrogen) atoms. The van der Waals surface area contributed by atoms with E-state index in [-0.39, 0.29) is 23.9 Å². The predicted octanol–water partition coefficient (Wildman–Crippen LogP) is 3.25. The molecule has 1 aliphatic rings. The number of ether oxygens (including phenoxy) is 5. The molecule has 0 saturated carbocycles. The highest BCUT2D eigenvalue weighted by Gasteiger charge is 2.52. The summed E-state index contributed by atoms with van der Waals surface area (Å²) in [5.74, 6) is -2.65. The molecule has 1 saturated heterocycles. The average molecular weight is 590 g/mol. The summed E-state index contributed by atoms with van der Waals surface area (Å²) in [7, 11) is 0. The molecule has 0 amide bonds. The van der Waals surface area contributed by atoms with Crippen molar-refractivity contribution in [3.8, 4) is 0 Å². The number of esters is 4. The van der Waals surface area contributed by atoms with E-state index in [1.807, 2.05) is 0 Å².